The third-order valence-electron chi connectivity index (χ3n) is 6.59. The van der Waals surface area contributed by atoms with E-state index in [9.17, 15) is 40.7 Å². The number of halogens is 6. The zero-order valence-electron chi connectivity index (χ0n) is 24.1. The number of rotatable bonds is 10. The van der Waals surface area contributed by atoms with Crippen LogP contribution in [0.5, 0.6) is 5.75 Å². The number of carbonyl (C=O) groups excluding carboxylic acids is 3. The molecule has 0 spiro atoms. The number of pyridine rings is 1. The number of carbonyl (C=O) groups is 3. The summed E-state index contributed by atoms with van der Waals surface area (Å²) in [5.41, 5.74) is -1.12. The van der Waals surface area contributed by atoms with E-state index in [1.54, 1.807) is 35.0 Å². The van der Waals surface area contributed by atoms with Crippen molar-refractivity contribution in [1.29, 1.82) is 5.41 Å². The van der Waals surface area contributed by atoms with Crippen molar-refractivity contribution in [3.63, 3.8) is 0 Å². The highest BCUT2D eigenvalue weighted by atomic mass is 19.4. The molecule has 0 aliphatic heterocycles. The van der Waals surface area contributed by atoms with Gasteiger partial charge in [-0.2, -0.15) is 26.3 Å². The first-order chi connectivity index (χ1) is 22.2. The molecule has 0 radical (unpaired) electrons. The van der Waals surface area contributed by atoms with Crippen LogP contribution in [0, 0.1) is 5.41 Å². The maximum atomic E-state index is 14.2. The molecule has 0 saturated carbocycles. The standard InChI is InChI=1S/C32H25F6N3O6/c33-31(34,35)25-18-21(12-13-24(25)20-7-2-1-3-8-20)26(19-28(42)46-47-30(44)32(36,37)38)40-29(43)22-9-6-10-23(17-22)45-16-15-41-14-5-4-11-27(41)39/h1-14,17-18,26,39H,15-16,19H2,(H,40,43). The molecule has 1 aromatic heterocycles. The van der Waals surface area contributed by atoms with Gasteiger partial charge in [0, 0.05) is 11.8 Å². The normalized spacial score (nSPS) is 12.1. The Labute approximate surface area is 262 Å². The SMILES string of the molecule is N=c1ccccn1CCOc1cccc(C(=O)NC(CC(=O)OOC(=O)C(F)(F)F)c2ccc(-c3ccccc3)c(C(F)(F)F)c2)c1. The predicted molar refractivity (Wildman–Crippen MR) is 152 cm³/mol. The van der Waals surface area contributed by atoms with Gasteiger partial charge in [0.05, 0.1) is 24.6 Å². The summed E-state index contributed by atoms with van der Waals surface area (Å²) in [5, 5.41) is 10.3. The number of hydrogen-bond acceptors (Lipinski definition) is 7. The number of hydrogen-bond donors (Lipinski definition) is 2. The van der Waals surface area contributed by atoms with Crippen molar-refractivity contribution in [2.75, 3.05) is 6.61 Å². The summed E-state index contributed by atoms with van der Waals surface area (Å²) in [6.45, 7) is 0.421. The van der Waals surface area contributed by atoms with Gasteiger partial charge < -0.3 is 14.6 Å². The van der Waals surface area contributed by atoms with Crippen LogP contribution in [-0.4, -0.2) is 35.2 Å². The Morgan fingerprint density at radius 2 is 1.55 bits per heavy atom. The summed E-state index contributed by atoms with van der Waals surface area (Å²) in [6, 6.07) is 19.8. The van der Waals surface area contributed by atoms with Crippen molar-refractivity contribution in [3.8, 4) is 16.9 Å². The second kappa shape index (κ2) is 14.7. The maximum Gasteiger partial charge on any atom is 0.495 e. The number of nitrogens with one attached hydrogen (secondary N) is 2. The van der Waals surface area contributed by atoms with Crippen LogP contribution in [0.3, 0.4) is 0 Å². The molecule has 4 aromatic rings. The Morgan fingerprint density at radius 1 is 0.830 bits per heavy atom. The third kappa shape index (κ3) is 9.45. The molecule has 0 fully saturated rings. The van der Waals surface area contributed by atoms with E-state index in [1.165, 1.54) is 54.6 Å². The fourth-order valence-corrected chi connectivity index (χ4v) is 4.37. The van der Waals surface area contributed by atoms with Gasteiger partial charge >= 0.3 is 24.3 Å². The number of alkyl halides is 6. The fraction of sp³-hybridized carbons (Fsp3) is 0.188. The van der Waals surface area contributed by atoms with E-state index in [2.05, 4.69) is 15.1 Å². The van der Waals surface area contributed by atoms with E-state index >= 15 is 0 Å². The van der Waals surface area contributed by atoms with Crippen molar-refractivity contribution >= 4 is 17.8 Å². The van der Waals surface area contributed by atoms with Crippen LogP contribution in [-0.2, 0) is 32.1 Å². The maximum absolute atomic E-state index is 14.2. The Hall–Kier alpha value is -5.60. The Bertz CT molecular complexity index is 1790. The lowest BCUT2D eigenvalue weighted by atomic mass is 9.93. The number of ether oxygens (including phenoxy) is 1. The molecule has 9 nitrogen and oxygen atoms in total. The molecule has 0 aliphatic carbocycles. The first-order valence-electron chi connectivity index (χ1n) is 13.7. The average Bonchev–Trinajstić information content (AvgIpc) is 3.03. The molecule has 1 amide bonds. The highest BCUT2D eigenvalue weighted by molar-refractivity contribution is 5.95. The monoisotopic (exact) mass is 661 g/mol. The van der Waals surface area contributed by atoms with E-state index in [4.69, 9.17) is 10.1 Å². The average molecular weight is 662 g/mol. The minimum absolute atomic E-state index is 0.0325. The molecule has 1 unspecified atom stereocenters. The van der Waals surface area contributed by atoms with E-state index in [0.717, 1.165) is 6.07 Å². The number of aromatic nitrogens is 1. The van der Waals surface area contributed by atoms with Crippen molar-refractivity contribution in [2.45, 2.75) is 31.4 Å². The molecule has 1 atom stereocenters. The van der Waals surface area contributed by atoms with Crippen LogP contribution < -0.4 is 15.5 Å². The molecular weight excluding hydrogens is 636 g/mol. The number of nitrogens with zero attached hydrogens (tertiary/aromatic N) is 1. The number of amides is 1. The summed E-state index contributed by atoms with van der Waals surface area (Å²) in [4.78, 5) is 44.1. The minimum Gasteiger partial charge on any atom is -0.492 e. The topological polar surface area (TPSA) is 120 Å². The van der Waals surface area contributed by atoms with Crippen molar-refractivity contribution in [3.05, 3.63) is 119 Å². The molecule has 246 valence electrons. The molecule has 0 bridgehead atoms. The largest absolute Gasteiger partial charge is 0.495 e. The Morgan fingerprint density at radius 3 is 2.23 bits per heavy atom. The van der Waals surface area contributed by atoms with Crippen molar-refractivity contribution in [1.82, 2.24) is 9.88 Å². The van der Waals surface area contributed by atoms with E-state index < -0.39 is 48.2 Å². The summed E-state index contributed by atoms with van der Waals surface area (Å²) in [6.07, 6.45) is -9.71. The highest BCUT2D eigenvalue weighted by Crippen LogP contribution is 2.39. The second-order valence-corrected chi connectivity index (χ2v) is 9.88. The van der Waals surface area contributed by atoms with Gasteiger partial charge in [-0.3, -0.25) is 10.2 Å². The molecule has 47 heavy (non-hydrogen) atoms. The summed E-state index contributed by atoms with van der Waals surface area (Å²) < 4.78 is 87.3. The van der Waals surface area contributed by atoms with Crippen LogP contribution in [0.1, 0.15) is 33.9 Å². The van der Waals surface area contributed by atoms with Gasteiger partial charge in [-0.1, -0.05) is 54.6 Å². The molecule has 4 rings (SSSR count). The van der Waals surface area contributed by atoms with E-state index in [-0.39, 0.29) is 40.1 Å². The van der Waals surface area contributed by atoms with Gasteiger partial charge in [0.2, 0.25) is 0 Å². The summed E-state index contributed by atoms with van der Waals surface area (Å²) in [7, 11) is 0. The van der Waals surface area contributed by atoms with Gasteiger partial charge in [-0.15, -0.1) is 0 Å². The lowest BCUT2D eigenvalue weighted by molar-refractivity contribution is -0.286. The van der Waals surface area contributed by atoms with E-state index in [1.807, 2.05) is 0 Å². The van der Waals surface area contributed by atoms with Crippen LogP contribution in [0.2, 0.25) is 0 Å². The lowest BCUT2D eigenvalue weighted by Crippen LogP contribution is -2.32. The fourth-order valence-electron chi connectivity index (χ4n) is 4.37. The Balaban J connectivity index is 1.58. The van der Waals surface area contributed by atoms with Crippen molar-refractivity contribution in [2.24, 2.45) is 0 Å². The summed E-state index contributed by atoms with van der Waals surface area (Å²) in [5.74, 6) is -5.06. The zero-order valence-corrected chi connectivity index (χ0v) is 24.1. The van der Waals surface area contributed by atoms with Gasteiger partial charge in [-0.05, 0) is 53.1 Å². The van der Waals surface area contributed by atoms with Crippen LogP contribution in [0.15, 0.2) is 97.2 Å². The van der Waals surface area contributed by atoms with Gasteiger partial charge in [0.15, 0.2) is 0 Å². The smallest absolute Gasteiger partial charge is 0.492 e. The summed E-state index contributed by atoms with van der Waals surface area (Å²) >= 11 is 0. The predicted octanol–water partition coefficient (Wildman–Crippen LogP) is 6.16. The minimum atomic E-state index is -5.49. The zero-order chi connectivity index (χ0) is 34.2. The molecule has 15 heteroatoms. The van der Waals surface area contributed by atoms with Gasteiger partial charge in [0.1, 0.15) is 17.8 Å². The second-order valence-electron chi connectivity index (χ2n) is 9.88. The molecule has 3 aromatic carbocycles. The molecule has 1 heterocycles. The third-order valence-corrected chi connectivity index (χ3v) is 6.59. The molecule has 0 aliphatic rings. The Kier molecular flexibility index (Phi) is 10.7. The molecular formula is C32H25F6N3O6. The number of benzene rings is 3. The van der Waals surface area contributed by atoms with Gasteiger partial charge in [0.25, 0.3) is 5.91 Å². The van der Waals surface area contributed by atoms with Gasteiger partial charge in [-0.25, -0.2) is 19.4 Å². The van der Waals surface area contributed by atoms with Crippen molar-refractivity contribution < 1.29 is 55.2 Å². The van der Waals surface area contributed by atoms with Crippen LogP contribution in [0.25, 0.3) is 11.1 Å². The quantitative estimate of drug-likeness (QED) is 0.119. The first-order valence-corrected chi connectivity index (χ1v) is 13.7. The molecule has 2 N–H and O–H groups in total. The van der Waals surface area contributed by atoms with Crippen LogP contribution >= 0.6 is 0 Å². The first kappa shape index (κ1) is 34.3. The van der Waals surface area contributed by atoms with E-state index in [0.29, 0.717) is 12.6 Å². The highest BCUT2D eigenvalue weighted by Gasteiger charge is 2.43. The molecule has 0 saturated heterocycles. The lowest BCUT2D eigenvalue weighted by Gasteiger charge is -2.21. The van der Waals surface area contributed by atoms with Crippen LogP contribution in [0.4, 0.5) is 26.3 Å².